The van der Waals surface area contributed by atoms with Crippen molar-refractivity contribution in [1.82, 2.24) is 19.7 Å². The predicted molar refractivity (Wildman–Crippen MR) is 120 cm³/mol. The minimum atomic E-state index is -1.15. The summed E-state index contributed by atoms with van der Waals surface area (Å²) >= 11 is 0. The first-order chi connectivity index (χ1) is 15.7. The Bertz CT molecular complexity index is 1340. The molecular weight excluding hydrogens is 426 g/mol. The van der Waals surface area contributed by atoms with Crippen LogP contribution in [-0.4, -0.2) is 55.5 Å². The zero-order valence-corrected chi connectivity index (χ0v) is 18.4. The van der Waals surface area contributed by atoms with Crippen LogP contribution in [0.1, 0.15) is 41.9 Å². The van der Waals surface area contributed by atoms with Crippen LogP contribution in [0, 0.1) is 5.92 Å². The molecule has 1 saturated heterocycles. The molecule has 10 heteroatoms. The van der Waals surface area contributed by atoms with Gasteiger partial charge in [0.05, 0.1) is 24.3 Å². The van der Waals surface area contributed by atoms with Crippen molar-refractivity contribution in [2.75, 3.05) is 13.1 Å². The maximum Gasteiger partial charge on any atom is 0.411 e. The van der Waals surface area contributed by atoms with Crippen molar-refractivity contribution in [3.05, 3.63) is 52.1 Å². The normalized spacial score (nSPS) is 23.1. The molecule has 4 N–H and O–H groups in total. The Balaban J connectivity index is 1.58. The van der Waals surface area contributed by atoms with E-state index in [1.807, 2.05) is 19.1 Å². The van der Waals surface area contributed by atoms with E-state index in [4.69, 9.17) is 10.5 Å². The number of H-pyrrole nitrogens is 1. The van der Waals surface area contributed by atoms with Crippen molar-refractivity contribution in [3.63, 3.8) is 0 Å². The monoisotopic (exact) mass is 451 g/mol. The number of aromatic nitrogens is 3. The largest absolute Gasteiger partial charge is 0.477 e. The number of para-hydroxylation sites is 1. The van der Waals surface area contributed by atoms with Gasteiger partial charge < -0.3 is 20.6 Å². The van der Waals surface area contributed by atoms with Crippen molar-refractivity contribution in [2.24, 2.45) is 18.7 Å². The number of carbonyl (C=O) groups is 2. The lowest BCUT2D eigenvalue weighted by molar-refractivity contribution is -0.0439. The number of aryl methyl sites for hydroxylation is 1. The molecule has 1 spiro atoms. The molecule has 1 atom stereocenters. The van der Waals surface area contributed by atoms with Crippen LogP contribution in [0.3, 0.4) is 0 Å². The van der Waals surface area contributed by atoms with Crippen LogP contribution in [0.25, 0.3) is 22.0 Å². The summed E-state index contributed by atoms with van der Waals surface area (Å²) in [5.74, 6) is -0.782. The number of nitrogens with two attached hydrogens (primary N) is 1. The molecule has 1 aromatic carbocycles. The Labute approximate surface area is 188 Å². The van der Waals surface area contributed by atoms with Gasteiger partial charge in [-0.2, -0.15) is 5.10 Å². The molecule has 1 aliphatic carbocycles. The number of carboxylic acids is 1. The van der Waals surface area contributed by atoms with Gasteiger partial charge in [-0.15, -0.1) is 0 Å². The minimum Gasteiger partial charge on any atom is -0.477 e. The lowest BCUT2D eigenvalue weighted by Crippen LogP contribution is -2.49. The second-order valence-electron chi connectivity index (χ2n) is 9.02. The number of carboxylic acid groups (broad SMARTS) is 1. The van der Waals surface area contributed by atoms with Crippen LogP contribution in [0.4, 0.5) is 4.79 Å². The van der Waals surface area contributed by atoms with Crippen molar-refractivity contribution in [3.8, 4) is 11.1 Å². The van der Waals surface area contributed by atoms with Gasteiger partial charge >= 0.3 is 12.1 Å². The molecule has 1 saturated carbocycles. The van der Waals surface area contributed by atoms with Crippen molar-refractivity contribution < 1.29 is 19.4 Å². The van der Waals surface area contributed by atoms with E-state index in [9.17, 15) is 19.5 Å². The van der Waals surface area contributed by atoms with Gasteiger partial charge in [-0.3, -0.25) is 9.69 Å². The number of ether oxygens (including phenoxy) is 1. The molecule has 2 aliphatic rings. The highest BCUT2D eigenvalue weighted by molar-refractivity contribution is 6.08. The summed E-state index contributed by atoms with van der Waals surface area (Å²) in [7, 11) is 1.53. The molecule has 33 heavy (non-hydrogen) atoms. The molecule has 3 heterocycles. The molecule has 10 nitrogen and oxygen atoms in total. The zero-order chi connectivity index (χ0) is 23.5. The molecule has 5 rings (SSSR count). The summed E-state index contributed by atoms with van der Waals surface area (Å²) in [6.45, 7) is 2.95. The van der Waals surface area contributed by atoms with Crippen LogP contribution in [0.2, 0.25) is 0 Å². The molecule has 0 bridgehead atoms. The number of nitrogens with one attached hydrogen (secondary N) is 1. The molecular formula is C23H25N5O5. The number of hydrogen-bond acceptors (Lipinski definition) is 6. The summed E-state index contributed by atoms with van der Waals surface area (Å²) in [6, 6.07) is 6.49. The number of hydrogen-bond donors (Lipinski definition) is 3. The van der Waals surface area contributed by atoms with Gasteiger partial charge in [0.2, 0.25) is 0 Å². The molecule has 0 unspecified atom stereocenters. The van der Waals surface area contributed by atoms with E-state index >= 15 is 0 Å². The van der Waals surface area contributed by atoms with Crippen LogP contribution < -0.4 is 11.3 Å². The van der Waals surface area contributed by atoms with E-state index in [1.54, 1.807) is 11.0 Å². The van der Waals surface area contributed by atoms with Crippen molar-refractivity contribution in [2.45, 2.75) is 31.4 Å². The Kier molecular flexibility index (Phi) is 4.78. The van der Waals surface area contributed by atoms with E-state index in [-0.39, 0.29) is 23.4 Å². The van der Waals surface area contributed by atoms with Gasteiger partial charge in [-0.25, -0.2) is 14.3 Å². The highest BCUT2D eigenvalue weighted by atomic mass is 16.6. The van der Waals surface area contributed by atoms with Crippen LogP contribution in [-0.2, 0) is 11.8 Å². The van der Waals surface area contributed by atoms with Crippen LogP contribution >= 0.6 is 0 Å². The number of benzene rings is 1. The minimum absolute atomic E-state index is 0.0371. The summed E-state index contributed by atoms with van der Waals surface area (Å²) in [5, 5.41) is 14.5. The topological polar surface area (TPSA) is 144 Å². The maximum absolute atomic E-state index is 12.7. The number of amides is 1. The maximum atomic E-state index is 12.7. The number of aromatic carboxylic acids is 1. The third-order valence-electron chi connectivity index (χ3n) is 6.91. The first kappa shape index (κ1) is 21.2. The van der Waals surface area contributed by atoms with Gasteiger partial charge in [0.1, 0.15) is 11.3 Å². The van der Waals surface area contributed by atoms with E-state index < -0.39 is 11.6 Å². The molecule has 1 aliphatic heterocycles. The first-order valence-electron chi connectivity index (χ1n) is 10.8. The third-order valence-corrected chi connectivity index (χ3v) is 6.91. The zero-order valence-electron chi connectivity index (χ0n) is 18.4. The Morgan fingerprint density at radius 2 is 2.15 bits per heavy atom. The molecule has 0 radical (unpaired) electrons. The Hall–Kier alpha value is -3.66. The van der Waals surface area contributed by atoms with Crippen LogP contribution in [0.5, 0.6) is 0 Å². The smallest absolute Gasteiger partial charge is 0.411 e. The second kappa shape index (κ2) is 7.45. The first-order valence-corrected chi connectivity index (χ1v) is 10.8. The number of fused-ring (bicyclic) bond motifs is 1. The Morgan fingerprint density at radius 3 is 2.82 bits per heavy atom. The lowest BCUT2D eigenvalue weighted by atomic mass is 9.71. The second-order valence-corrected chi connectivity index (χ2v) is 9.02. The van der Waals surface area contributed by atoms with Gasteiger partial charge in [-0.1, -0.05) is 18.2 Å². The highest BCUT2D eigenvalue weighted by Gasteiger charge is 2.54. The average molecular weight is 451 g/mol. The molecule has 2 aromatic heterocycles. The quantitative estimate of drug-likeness (QED) is 0.540. The third kappa shape index (κ3) is 3.29. The number of aromatic amines is 1. The highest BCUT2D eigenvalue weighted by Crippen LogP contribution is 2.47. The van der Waals surface area contributed by atoms with Gasteiger partial charge in [0.25, 0.3) is 5.56 Å². The van der Waals surface area contributed by atoms with Crippen molar-refractivity contribution in [1.29, 1.82) is 0 Å². The molecule has 1 amide bonds. The number of carbonyl (C=O) groups excluding carboxylic acids is 1. The summed E-state index contributed by atoms with van der Waals surface area (Å²) in [5.41, 5.74) is 7.05. The summed E-state index contributed by atoms with van der Waals surface area (Å²) < 4.78 is 6.90. The fraction of sp³-hybridized carbons (Fsp3) is 0.391. The summed E-state index contributed by atoms with van der Waals surface area (Å²) in [4.78, 5) is 41.6. The van der Waals surface area contributed by atoms with E-state index in [0.29, 0.717) is 41.0 Å². The lowest BCUT2D eigenvalue weighted by Gasteiger charge is -2.42. The van der Waals surface area contributed by atoms with Gasteiger partial charge in [0, 0.05) is 29.6 Å². The Morgan fingerprint density at radius 1 is 1.39 bits per heavy atom. The standard InChI is InChI=1S/C23H25N5O5/c1-12(28-11-23(33-22(28)32)7-13(8-23)9-24)15-4-3-5-16-18(20(21(30)31)26-19(15)16)14-6-17(29)27(2)25-10-14/h3-6,10,12-13,26H,7-9,11,24H2,1-2H3,(H,30,31)/t12-,13?,23?/m0/s1. The van der Waals surface area contributed by atoms with Crippen molar-refractivity contribution >= 4 is 23.0 Å². The van der Waals surface area contributed by atoms with Gasteiger partial charge in [-0.05, 0) is 37.8 Å². The molecule has 3 aromatic rings. The van der Waals surface area contributed by atoms with Crippen LogP contribution in [0.15, 0.2) is 35.3 Å². The summed E-state index contributed by atoms with van der Waals surface area (Å²) in [6.07, 6.45) is 2.61. The van der Waals surface area contributed by atoms with E-state index in [1.165, 1.54) is 24.0 Å². The number of nitrogens with zero attached hydrogens (tertiary/aromatic N) is 3. The van der Waals surface area contributed by atoms with E-state index in [0.717, 1.165) is 18.4 Å². The number of rotatable bonds is 5. The predicted octanol–water partition coefficient (Wildman–Crippen LogP) is 2.25. The van der Waals surface area contributed by atoms with E-state index in [2.05, 4.69) is 10.1 Å². The molecule has 2 fully saturated rings. The molecule has 172 valence electrons. The average Bonchev–Trinajstić information content (AvgIpc) is 3.32. The fourth-order valence-electron chi connectivity index (χ4n) is 5.14. The van der Waals surface area contributed by atoms with Gasteiger partial charge in [0.15, 0.2) is 0 Å². The fourth-order valence-corrected chi connectivity index (χ4v) is 5.14. The SMILES string of the molecule is C[C@@H](c1cccc2c(-c3cnn(C)c(=O)c3)c(C(=O)O)[nH]c12)N1CC2(CC(CN)C2)OC1=O.